The van der Waals surface area contributed by atoms with Crippen molar-refractivity contribution in [2.75, 3.05) is 12.8 Å². The Hall–Kier alpha value is -0.670. The van der Waals surface area contributed by atoms with E-state index in [1.54, 1.807) is 0 Å². The molecule has 0 bridgehead atoms. The summed E-state index contributed by atoms with van der Waals surface area (Å²) in [7, 11) is 1.24. The molecule has 0 radical (unpaired) electrons. The molecule has 0 aliphatic heterocycles. The molecule has 3 unspecified atom stereocenters. The third-order valence-corrected chi connectivity index (χ3v) is 6.54. The maximum atomic E-state index is 12.8. The topological polar surface area (TPSA) is 29.1 Å². The highest BCUT2D eigenvalue weighted by molar-refractivity contribution is 7.85. The zero-order valence-corrected chi connectivity index (χ0v) is 13.5. The smallest absolute Gasteiger partial charge is 0.0540 e. The molecule has 112 valence electrons. The van der Waals surface area contributed by atoms with Crippen molar-refractivity contribution in [1.82, 2.24) is 5.32 Å². The zero-order valence-electron chi connectivity index (χ0n) is 12.7. The molecule has 0 saturated heterocycles. The van der Waals surface area contributed by atoms with Gasteiger partial charge in [-0.1, -0.05) is 50.1 Å². The molecule has 2 nitrogen and oxygen atoms in total. The number of nitrogens with one attached hydrogen (secondary N) is 1. The van der Waals surface area contributed by atoms with Gasteiger partial charge in [0.15, 0.2) is 0 Å². The fraction of sp³-hybridized carbons (Fsp3) is 0.647. The standard InChI is InChI=1S/C17H27NOS/c1-3-16(20(19)13-14-9-7-8-10-14)17(18-2)15-11-5-4-6-12-15/h4-6,11-12,14,16-18H,3,7-10,13H2,1-2H3. The highest BCUT2D eigenvalue weighted by atomic mass is 32.2. The predicted octanol–water partition coefficient (Wildman–Crippen LogP) is 3.66. The van der Waals surface area contributed by atoms with Crippen molar-refractivity contribution in [3.05, 3.63) is 35.9 Å². The van der Waals surface area contributed by atoms with E-state index in [4.69, 9.17) is 0 Å². The van der Waals surface area contributed by atoms with Gasteiger partial charge in [-0.15, -0.1) is 0 Å². The highest BCUT2D eigenvalue weighted by Gasteiger charge is 2.28. The second-order valence-corrected chi connectivity index (χ2v) is 7.52. The van der Waals surface area contributed by atoms with Gasteiger partial charge in [-0.2, -0.15) is 0 Å². The van der Waals surface area contributed by atoms with E-state index in [-0.39, 0.29) is 11.3 Å². The third kappa shape index (κ3) is 3.92. The van der Waals surface area contributed by atoms with Gasteiger partial charge in [-0.05, 0) is 37.8 Å². The van der Waals surface area contributed by atoms with Crippen LogP contribution in [-0.2, 0) is 10.8 Å². The van der Waals surface area contributed by atoms with E-state index in [0.717, 1.165) is 12.2 Å². The molecular formula is C17H27NOS. The molecule has 3 atom stereocenters. The molecule has 0 heterocycles. The third-order valence-electron chi connectivity index (χ3n) is 4.46. The van der Waals surface area contributed by atoms with Gasteiger partial charge in [0.25, 0.3) is 0 Å². The summed E-state index contributed by atoms with van der Waals surface area (Å²) >= 11 is 0. The summed E-state index contributed by atoms with van der Waals surface area (Å²) < 4.78 is 12.8. The quantitative estimate of drug-likeness (QED) is 0.831. The van der Waals surface area contributed by atoms with Gasteiger partial charge < -0.3 is 5.32 Å². The Morgan fingerprint density at radius 2 is 1.90 bits per heavy atom. The Kier molecular flexibility index (Phi) is 6.24. The Morgan fingerprint density at radius 3 is 2.45 bits per heavy atom. The van der Waals surface area contributed by atoms with Gasteiger partial charge in [-0.3, -0.25) is 4.21 Å². The van der Waals surface area contributed by atoms with E-state index in [9.17, 15) is 4.21 Å². The Morgan fingerprint density at radius 1 is 1.25 bits per heavy atom. The van der Waals surface area contributed by atoms with Gasteiger partial charge in [-0.25, -0.2) is 0 Å². The molecule has 0 spiro atoms. The van der Waals surface area contributed by atoms with Crippen LogP contribution in [0.5, 0.6) is 0 Å². The molecule has 1 saturated carbocycles. The van der Waals surface area contributed by atoms with E-state index in [1.165, 1.54) is 31.2 Å². The maximum Gasteiger partial charge on any atom is 0.0540 e. The maximum absolute atomic E-state index is 12.8. The largest absolute Gasteiger partial charge is 0.312 e. The lowest BCUT2D eigenvalue weighted by atomic mass is 10.0. The van der Waals surface area contributed by atoms with E-state index in [1.807, 2.05) is 13.1 Å². The monoisotopic (exact) mass is 293 g/mol. The summed E-state index contributed by atoms with van der Waals surface area (Å²) in [4.78, 5) is 0. The second-order valence-electron chi connectivity index (χ2n) is 5.82. The van der Waals surface area contributed by atoms with E-state index in [0.29, 0.717) is 5.92 Å². The highest BCUT2D eigenvalue weighted by Crippen LogP contribution is 2.29. The zero-order chi connectivity index (χ0) is 14.4. The first-order chi connectivity index (χ1) is 9.76. The molecule has 1 aromatic rings. The summed E-state index contributed by atoms with van der Waals surface area (Å²) in [6.45, 7) is 2.16. The van der Waals surface area contributed by atoms with Crippen LogP contribution in [0.4, 0.5) is 0 Å². The van der Waals surface area contributed by atoms with Gasteiger partial charge in [0.2, 0.25) is 0 Å². The van der Waals surface area contributed by atoms with Crippen LogP contribution >= 0.6 is 0 Å². The van der Waals surface area contributed by atoms with E-state index < -0.39 is 10.8 Å². The van der Waals surface area contributed by atoms with Crippen molar-refractivity contribution < 1.29 is 4.21 Å². The summed E-state index contributed by atoms with van der Waals surface area (Å²) in [5.74, 6) is 1.59. The minimum absolute atomic E-state index is 0.198. The molecule has 1 aliphatic carbocycles. The molecule has 1 aromatic carbocycles. The summed E-state index contributed by atoms with van der Waals surface area (Å²) in [6.07, 6.45) is 6.16. The van der Waals surface area contributed by atoms with Crippen molar-refractivity contribution in [3.8, 4) is 0 Å². The number of rotatable bonds is 7. The lowest BCUT2D eigenvalue weighted by Crippen LogP contribution is -2.34. The van der Waals surface area contributed by atoms with Gasteiger partial charge in [0.1, 0.15) is 0 Å². The van der Waals surface area contributed by atoms with Crippen LogP contribution in [0, 0.1) is 5.92 Å². The fourth-order valence-corrected chi connectivity index (χ4v) is 5.35. The van der Waals surface area contributed by atoms with Crippen LogP contribution < -0.4 is 5.32 Å². The Labute approximate surface area is 125 Å². The first-order valence-corrected chi connectivity index (χ1v) is 9.23. The first kappa shape index (κ1) is 15.7. The van der Waals surface area contributed by atoms with E-state index >= 15 is 0 Å². The molecule has 20 heavy (non-hydrogen) atoms. The Bertz CT molecular complexity index is 414. The van der Waals surface area contributed by atoms with Crippen LogP contribution in [0.15, 0.2) is 30.3 Å². The fourth-order valence-electron chi connectivity index (χ4n) is 3.33. The van der Waals surface area contributed by atoms with Gasteiger partial charge in [0.05, 0.1) is 5.25 Å². The van der Waals surface area contributed by atoms with Crippen LogP contribution in [0.2, 0.25) is 0 Å². The average Bonchev–Trinajstić information content (AvgIpc) is 2.98. The van der Waals surface area contributed by atoms with Crippen molar-refractivity contribution in [2.24, 2.45) is 5.92 Å². The van der Waals surface area contributed by atoms with Crippen LogP contribution in [0.3, 0.4) is 0 Å². The molecule has 1 fully saturated rings. The minimum Gasteiger partial charge on any atom is -0.312 e. The van der Waals surface area contributed by atoms with Gasteiger partial charge >= 0.3 is 0 Å². The van der Waals surface area contributed by atoms with E-state index in [2.05, 4.69) is 36.5 Å². The molecule has 0 amide bonds. The van der Waals surface area contributed by atoms with Gasteiger partial charge in [0, 0.05) is 22.6 Å². The van der Waals surface area contributed by atoms with Crippen molar-refractivity contribution >= 4 is 10.8 Å². The van der Waals surface area contributed by atoms with Crippen molar-refractivity contribution in [2.45, 2.75) is 50.3 Å². The molecule has 1 N–H and O–H groups in total. The lowest BCUT2D eigenvalue weighted by molar-refractivity contribution is 0.530. The summed E-state index contributed by atoms with van der Waals surface area (Å²) in [6, 6.07) is 10.6. The summed E-state index contributed by atoms with van der Waals surface area (Å²) in [5, 5.41) is 3.59. The Balaban J connectivity index is 2.06. The second kappa shape index (κ2) is 7.94. The van der Waals surface area contributed by atoms with Crippen molar-refractivity contribution in [3.63, 3.8) is 0 Å². The molecule has 3 heteroatoms. The summed E-state index contributed by atoms with van der Waals surface area (Å²) in [5.41, 5.74) is 1.25. The first-order valence-electron chi connectivity index (χ1n) is 7.85. The normalized spacial score (nSPS) is 20.7. The van der Waals surface area contributed by atoms with Crippen molar-refractivity contribution in [1.29, 1.82) is 0 Å². The molecule has 2 rings (SSSR count). The lowest BCUT2D eigenvalue weighted by Gasteiger charge is -2.27. The molecule has 1 aliphatic rings. The van der Waals surface area contributed by atoms with Crippen LogP contribution in [-0.4, -0.2) is 22.3 Å². The predicted molar refractivity (Wildman–Crippen MR) is 87.3 cm³/mol. The van der Waals surface area contributed by atoms with Crippen LogP contribution in [0.1, 0.15) is 50.6 Å². The average molecular weight is 293 g/mol. The van der Waals surface area contributed by atoms with Crippen LogP contribution in [0.25, 0.3) is 0 Å². The minimum atomic E-state index is -0.741. The number of hydrogen-bond acceptors (Lipinski definition) is 2. The molecular weight excluding hydrogens is 266 g/mol. The number of hydrogen-bond donors (Lipinski definition) is 1. The number of benzene rings is 1. The SMILES string of the molecule is CCC(C(NC)c1ccccc1)S(=O)CC1CCCC1. The molecule has 0 aromatic heterocycles.